The van der Waals surface area contributed by atoms with Crippen molar-refractivity contribution in [3.05, 3.63) is 59.3 Å². The number of carbonyl (C=O) groups is 2. The van der Waals surface area contributed by atoms with Gasteiger partial charge in [0.25, 0.3) is 5.91 Å². The molecule has 0 bridgehead atoms. The molecule has 7 heteroatoms. The summed E-state index contributed by atoms with van der Waals surface area (Å²) in [6.07, 6.45) is 2.20. The number of alkyl halides is 3. The summed E-state index contributed by atoms with van der Waals surface area (Å²) >= 11 is 0. The molecule has 0 radical (unpaired) electrons. The number of nitrogens with one attached hydrogen (secondary N) is 2. The van der Waals surface area contributed by atoms with E-state index in [1.807, 2.05) is 11.4 Å². The normalized spacial score (nSPS) is 14.2. The Balaban J connectivity index is 2.08. The summed E-state index contributed by atoms with van der Waals surface area (Å²) in [5, 5.41) is 4.29. The van der Waals surface area contributed by atoms with Gasteiger partial charge in [-0.05, 0) is 31.1 Å². The Morgan fingerprint density at radius 1 is 1.09 bits per heavy atom. The van der Waals surface area contributed by atoms with Crippen LogP contribution in [0.15, 0.2) is 48.2 Å². The Morgan fingerprint density at radius 3 is 2.45 bits per heavy atom. The largest absolute Gasteiger partial charge is 0.417 e. The Kier molecular flexibility index (Phi) is 4.65. The van der Waals surface area contributed by atoms with Gasteiger partial charge in [-0.3, -0.25) is 10.1 Å². The Labute approximate surface area is 124 Å². The molecule has 2 rings (SSSR count). The number of hydrogen-bond acceptors (Lipinski definition) is 2. The van der Waals surface area contributed by atoms with E-state index in [0.717, 1.165) is 25.0 Å². The van der Waals surface area contributed by atoms with Crippen LogP contribution in [0.2, 0.25) is 0 Å². The van der Waals surface area contributed by atoms with Crippen LogP contribution in [-0.4, -0.2) is 11.9 Å². The fourth-order valence-corrected chi connectivity index (χ4v) is 1.97. The molecule has 1 aliphatic carbocycles. The first-order chi connectivity index (χ1) is 10.4. The summed E-state index contributed by atoms with van der Waals surface area (Å²) in [6, 6.07) is 3.41. The summed E-state index contributed by atoms with van der Waals surface area (Å²) in [6.45, 7) is 0. The van der Waals surface area contributed by atoms with Gasteiger partial charge in [0.05, 0.1) is 11.1 Å². The van der Waals surface area contributed by atoms with E-state index in [4.69, 9.17) is 0 Å². The summed E-state index contributed by atoms with van der Waals surface area (Å²) < 4.78 is 38.5. The first kappa shape index (κ1) is 15.8. The fraction of sp³-hybridized carbons (Fsp3) is 0.200. The lowest BCUT2D eigenvalue weighted by atomic mass is 10.1. The topological polar surface area (TPSA) is 58.2 Å². The SMILES string of the molecule is O=C(NC(=O)c1ccccc1C(F)(F)F)NC1=CCCC=C1. The zero-order valence-corrected chi connectivity index (χ0v) is 11.4. The zero-order chi connectivity index (χ0) is 16.2. The highest BCUT2D eigenvalue weighted by Crippen LogP contribution is 2.31. The lowest BCUT2D eigenvalue weighted by Crippen LogP contribution is -2.39. The predicted octanol–water partition coefficient (Wildman–Crippen LogP) is 3.38. The monoisotopic (exact) mass is 310 g/mol. The predicted molar refractivity (Wildman–Crippen MR) is 73.9 cm³/mol. The van der Waals surface area contributed by atoms with E-state index in [9.17, 15) is 22.8 Å². The van der Waals surface area contributed by atoms with Gasteiger partial charge >= 0.3 is 12.2 Å². The number of amides is 3. The van der Waals surface area contributed by atoms with Crippen LogP contribution >= 0.6 is 0 Å². The van der Waals surface area contributed by atoms with Crippen molar-refractivity contribution in [3.8, 4) is 0 Å². The average Bonchev–Trinajstić information content (AvgIpc) is 2.47. The highest BCUT2D eigenvalue weighted by molar-refractivity contribution is 6.05. The molecule has 0 aliphatic heterocycles. The second kappa shape index (κ2) is 6.46. The molecular formula is C15H13F3N2O2. The molecule has 1 aromatic carbocycles. The lowest BCUT2D eigenvalue weighted by molar-refractivity contribution is -0.137. The van der Waals surface area contributed by atoms with Crippen molar-refractivity contribution in [1.29, 1.82) is 0 Å². The molecule has 0 unspecified atom stereocenters. The van der Waals surface area contributed by atoms with Crippen LogP contribution in [-0.2, 0) is 6.18 Å². The molecule has 4 nitrogen and oxygen atoms in total. The zero-order valence-electron chi connectivity index (χ0n) is 11.4. The maximum absolute atomic E-state index is 12.8. The van der Waals surface area contributed by atoms with Crippen LogP contribution in [0.4, 0.5) is 18.0 Å². The molecule has 1 aromatic rings. The minimum absolute atomic E-state index is 0.501. The van der Waals surface area contributed by atoms with Crippen molar-refractivity contribution in [2.24, 2.45) is 0 Å². The van der Waals surface area contributed by atoms with Crippen LogP contribution in [0.5, 0.6) is 0 Å². The smallest absolute Gasteiger partial charge is 0.308 e. The van der Waals surface area contributed by atoms with Crippen LogP contribution in [0.3, 0.4) is 0 Å². The summed E-state index contributed by atoms with van der Waals surface area (Å²) in [5.41, 5.74) is -1.18. The van der Waals surface area contributed by atoms with Gasteiger partial charge in [-0.1, -0.05) is 24.3 Å². The first-order valence-corrected chi connectivity index (χ1v) is 6.53. The minimum Gasteiger partial charge on any atom is -0.308 e. The molecule has 1 aliphatic rings. The van der Waals surface area contributed by atoms with Crippen molar-refractivity contribution < 1.29 is 22.8 Å². The maximum atomic E-state index is 12.8. The summed E-state index contributed by atoms with van der Waals surface area (Å²) in [5.74, 6) is -1.11. The van der Waals surface area contributed by atoms with E-state index >= 15 is 0 Å². The van der Waals surface area contributed by atoms with Gasteiger partial charge in [0.2, 0.25) is 0 Å². The van der Waals surface area contributed by atoms with Gasteiger partial charge in [0.1, 0.15) is 0 Å². The van der Waals surface area contributed by atoms with Gasteiger partial charge in [0.15, 0.2) is 0 Å². The Bertz CT molecular complexity index is 648. The molecule has 3 amide bonds. The molecule has 0 aromatic heterocycles. The molecule has 0 heterocycles. The second-order valence-electron chi connectivity index (χ2n) is 4.59. The van der Waals surface area contributed by atoms with Crippen LogP contribution in [0.1, 0.15) is 28.8 Å². The summed E-state index contributed by atoms with van der Waals surface area (Å²) in [4.78, 5) is 23.5. The molecular weight excluding hydrogens is 297 g/mol. The third-order valence-corrected chi connectivity index (χ3v) is 2.96. The Morgan fingerprint density at radius 2 is 1.82 bits per heavy atom. The van der Waals surface area contributed by atoms with E-state index in [0.29, 0.717) is 5.70 Å². The van der Waals surface area contributed by atoms with Crippen molar-refractivity contribution in [2.75, 3.05) is 0 Å². The van der Waals surface area contributed by atoms with Crippen LogP contribution < -0.4 is 10.6 Å². The number of allylic oxidation sites excluding steroid dienone is 3. The number of halogens is 3. The molecule has 2 N–H and O–H groups in total. The van der Waals surface area contributed by atoms with E-state index < -0.39 is 29.2 Å². The van der Waals surface area contributed by atoms with Crippen molar-refractivity contribution in [1.82, 2.24) is 10.6 Å². The number of hydrogen-bond donors (Lipinski definition) is 2. The number of rotatable bonds is 2. The first-order valence-electron chi connectivity index (χ1n) is 6.53. The Hall–Kier alpha value is -2.57. The van der Waals surface area contributed by atoms with Crippen LogP contribution in [0, 0.1) is 0 Å². The third kappa shape index (κ3) is 3.97. The molecule has 22 heavy (non-hydrogen) atoms. The highest BCUT2D eigenvalue weighted by atomic mass is 19.4. The number of imide groups is 1. The fourth-order valence-electron chi connectivity index (χ4n) is 1.97. The number of carbonyl (C=O) groups excluding carboxylic acids is 2. The third-order valence-electron chi connectivity index (χ3n) is 2.96. The van der Waals surface area contributed by atoms with Crippen LogP contribution in [0.25, 0.3) is 0 Å². The number of benzene rings is 1. The number of urea groups is 1. The van der Waals surface area contributed by atoms with E-state index in [1.165, 1.54) is 12.1 Å². The van der Waals surface area contributed by atoms with Gasteiger partial charge in [0, 0.05) is 5.70 Å². The minimum atomic E-state index is -4.67. The molecule has 0 saturated heterocycles. The standard InChI is InChI=1S/C15H13F3N2O2/c16-15(17,18)12-9-5-4-8-11(12)13(21)20-14(22)19-10-6-2-1-3-7-10/h2,4-9H,1,3H2,(H2,19,20,21,22). The molecule has 0 fully saturated rings. The average molecular weight is 310 g/mol. The van der Waals surface area contributed by atoms with Gasteiger partial charge in [-0.25, -0.2) is 4.79 Å². The second-order valence-corrected chi connectivity index (χ2v) is 4.59. The van der Waals surface area contributed by atoms with Crippen molar-refractivity contribution >= 4 is 11.9 Å². The molecule has 0 atom stereocenters. The molecule has 0 spiro atoms. The van der Waals surface area contributed by atoms with Crippen molar-refractivity contribution in [3.63, 3.8) is 0 Å². The van der Waals surface area contributed by atoms with E-state index in [-0.39, 0.29) is 0 Å². The lowest BCUT2D eigenvalue weighted by Gasteiger charge is -2.13. The maximum Gasteiger partial charge on any atom is 0.417 e. The quantitative estimate of drug-likeness (QED) is 0.880. The van der Waals surface area contributed by atoms with Crippen molar-refractivity contribution in [2.45, 2.75) is 19.0 Å². The van der Waals surface area contributed by atoms with Gasteiger partial charge < -0.3 is 5.32 Å². The van der Waals surface area contributed by atoms with E-state index in [2.05, 4.69) is 5.32 Å². The highest BCUT2D eigenvalue weighted by Gasteiger charge is 2.35. The van der Waals surface area contributed by atoms with E-state index in [1.54, 1.807) is 12.2 Å². The summed E-state index contributed by atoms with van der Waals surface area (Å²) in [7, 11) is 0. The van der Waals surface area contributed by atoms with Gasteiger partial charge in [-0.2, -0.15) is 13.2 Å². The molecule has 116 valence electrons. The molecule has 0 saturated carbocycles. The van der Waals surface area contributed by atoms with Gasteiger partial charge in [-0.15, -0.1) is 0 Å².